The zero-order valence-corrected chi connectivity index (χ0v) is 18.8. The molecule has 1 atom stereocenters. The van der Waals surface area contributed by atoms with E-state index in [4.69, 9.17) is 9.84 Å². The number of carboxylic acid groups (broad SMARTS) is 1. The van der Waals surface area contributed by atoms with Crippen molar-refractivity contribution in [3.8, 4) is 5.75 Å². The molecule has 0 amide bonds. The summed E-state index contributed by atoms with van der Waals surface area (Å²) in [6.07, 6.45) is -0.665. The molecule has 33 heavy (non-hydrogen) atoms. The maximum Gasteiger partial charge on any atom is 0.511 e. The molecule has 0 saturated heterocycles. The monoisotopic (exact) mass is 470 g/mol. The molecule has 1 aliphatic heterocycles. The second-order valence-electron chi connectivity index (χ2n) is 8.61. The molecule has 4 rings (SSSR count). The summed E-state index contributed by atoms with van der Waals surface area (Å²) >= 11 is 0. The highest BCUT2D eigenvalue weighted by Crippen LogP contribution is 2.45. The molecule has 9 heteroatoms. The van der Waals surface area contributed by atoms with Crippen molar-refractivity contribution in [3.63, 3.8) is 0 Å². The van der Waals surface area contributed by atoms with Crippen LogP contribution in [0.25, 0.3) is 0 Å². The van der Waals surface area contributed by atoms with Gasteiger partial charge in [0, 0.05) is 11.4 Å². The molecular weight excluding hydrogens is 447 g/mol. The van der Waals surface area contributed by atoms with Crippen molar-refractivity contribution in [3.05, 3.63) is 83.7 Å². The second-order valence-corrected chi connectivity index (χ2v) is 10.3. The number of anilines is 2. The first-order valence-corrected chi connectivity index (χ1v) is 11.7. The lowest BCUT2D eigenvalue weighted by Gasteiger charge is -2.41. The van der Waals surface area contributed by atoms with E-state index in [-0.39, 0.29) is 22.1 Å². The van der Waals surface area contributed by atoms with Crippen LogP contribution in [-0.4, -0.2) is 19.7 Å². The van der Waals surface area contributed by atoms with Gasteiger partial charge in [0.15, 0.2) is 0 Å². The smallest absolute Gasteiger partial charge is 0.449 e. The van der Waals surface area contributed by atoms with Gasteiger partial charge in [-0.15, -0.1) is 0 Å². The fraction of sp³-hybridized carbons (Fsp3) is 0.208. The van der Waals surface area contributed by atoms with E-state index in [1.807, 2.05) is 12.1 Å². The molecule has 0 fully saturated rings. The Kier molecular flexibility index (Phi) is 5.75. The quantitative estimate of drug-likeness (QED) is 0.340. The zero-order chi connectivity index (χ0) is 23.8. The predicted octanol–water partition coefficient (Wildman–Crippen LogP) is 5.42. The van der Waals surface area contributed by atoms with Gasteiger partial charge in [0.25, 0.3) is 10.0 Å². The van der Waals surface area contributed by atoms with Crippen molar-refractivity contribution >= 4 is 27.6 Å². The average Bonchev–Trinajstić information content (AvgIpc) is 2.73. The van der Waals surface area contributed by atoms with Crippen LogP contribution in [0.15, 0.2) is 71.6 Å². The molecule has 0 aromatic heterocycles. The van der Waals surface area contributed by atoms with Crippen LogP contribution >= 0.6 is 0 Å². The van der Waals surface area contributed by atoms with E-state index in [9.17, 15) is 17.6 Å². The van der Waals surface area contributed by atoms with E-state index in [0.717, 1.165) is 28.9 Å². The van der Waals surface area contributed by atoms with Gasteiger partial charge in [-0.3, -0.25) is 4.72 Å². The van der Waals surface area contributed by atoms with Crippen LogP contribution in [-0.2, 0) is 16.4 Å². The molecule has 0 aliphatic carbocycles. The number of hydrogen-bond donors (Lipinski definition) is 3. The summed E-state index contributed by atoms with van der Waals surface area (Å²) in [5, 5.41) is 12.3. The van der Waals surface area contributed by atoms with Gasteiger partial charge in [0.2, 0.25) is 0 Å². The molecule has 0 bridgehead atoms. The number of sulfonamides is 1. The summed E-state index contributed by atoms with van der Waals surface area (Å²) in [6.45, 7) is 4.20. The van der Waals surface area contributed by atoms with Crippen LogP contribution in [0.3, 0.4) is 0 Å². The van der Waals surface area contributed by atoms with Crippen LogP contribution in [0.5, 0.6) is 5.75 Å². The summed E-state index contributed by atoms with van der Waals surface area (Å²) in [4.78, 5) is 10.8. The van der Waals surface area contributed by atoms with Gasteiger partial charge in [0.1, 0.15) is 11.6 Å². The standard InChI is InChI=1S/C24H23FN2O5S/c1-24(2)14-16-13-19(32-23(28)29)9-12-21(16)26-22(24)15-3-7-18(8-4-15)27-33(30,31)20-10-5-17(25)6-11-20/h3-13,22,26-27H,14H2,1-2H3,(H,28,29). The van der Waals surface area contributed by atoms with E-state index < -0.39 is 22.0 Å². The van der Waals surface area contributed by atoms with E-state index in [2.05, 4.69) is 23.9 Å². The van der Waals surface area contributed by atoms with Crippen molar-refractivity contribution in [1.29, 1.82) is 0 Å². The zero-order valence-electron chi connectivity index (χ0n) is 18.0. The number of rotatable bonds is 5. The third-order valence-corrected chi connectivity index (χ3v) is 7.03. The topological polar surface area (TPSA) is 105 Å². The van der Waals surface area contributed by atoms with Crippen LogP contribution < -0.4 is 14.8 Å². The van der Waals surface area contributed by atoms with Gasteiger partial charge in [-0.2, -0.15) is 0 Å². The molecule has 1 unspecified atom stereocenters. The lowest BCUT2D eigenvalue weighted by Crippen LogP contribution is -2.35. The normalized spacial score (nSPS) is 16.9. The Labute approximate surface area is 191 Å². The Bertz CT molecular complexity index is 1290. The maximum atomic E-state index is 13.1. The molecular formula is C24H23FN2O5S. The summed E-state index contributed by atoms with van der Waals surface area (Å²) in [6, 6.07) is 16.8. The number of ether oxygens (including phenoxy) is 1. The third-order valence-electron chi connectivity index (χ3n) is 5.63. The highest BCUT2D eigenvalue weighted by molar-refractivity contribution is 7.92. The fourth-order valence-electron chi connectivity index (χ4n) is 4.07. The molecule has 1 heterocycles. The highest BCUT2D eigenvalue weighted by Gasteiger charge is 2.36. The van der Waals surface area contributed by atoms with Crippen LogP contribution in [0.1, 0.15) is 31.0 Å². The Morgan fingerprint density at radius 3 is 2.39 bits per heavy atom. The van der Waals surface area contributed by atoms with Gasteiger partial charge in [0.05, 0.1) is 10.9 Å². The number of benzene rings is 3. The number of halogens is 1. The van der Waals surface area contributed by atoms with Gasteiger partial charge in [-0.05, 0) is 77.6 Å². The van der Waals surface area contributed by atoms with E-state index in [0.29, 0.717) is 12.1 Å². The predicted molar refractivity (Wildman–Crippen MR) is 123 cm³/mol. The minimum atomic E-state index is -3.83. The Morgan fingerprint density at radius 2 is 1.76 bits per heavy atom. The van der Waals surface area contributed by atoms with Gasteiger partial charge in [-0.1, -0.05) is 26.0 Å². The summed E-state index contributed by atoms with van der Waals surface area (Å²) in [7, 11) is -3.83. The summed E-state index contributed by atoms with van der Waals surface area (Å²) < 4.78 is 45.5. The minimum absolute atomic E-state index is 0.0223. The Hall–Kier alpha value is -3.59. The second kappa shape index (κ2) is 8.40. The van der Waals surface area contributed by atoms with Crippen LogP contribution in [0.2, 0.25) is 0 Å². The number of fused-ring (bicyclic) bond motifs is 1. The number of carbonyl (C=O) groups is 1. The van der Waals surface area contributed by atoms with Crippen molar-refractivity contribution < 1.29 is 27.4 Å². The first-order valence-electron chi connectivity index (χ1n) is 10.2. The SMILES string of the molecule is CC1(C)Cc2cc(OC(=O)O)ccc2NC1c1ccc(NS(=O)(=O)c2ccc(F)cc2)cc1. The molecule has 172 valence electrons. The minimum Gasteiger partial charge on any atom is -0.449 e. The number of hydrogen-bond acceptors (Lipinski definition) is 5. The molecule has 3 aromatic rings. The molecule has 0 radical (unpaired) electrons. The Balaban J connectivity index is 1.54. The van der Waals surface area contributed by atoms with Crippen LogP contribution in [0, 0.1) is 11.2 Å². The Morgan fingerprint density at radius 1 is 1.09 bits per heavy atom. The van der Waals surface area contributed by atoms with Crippen molar-refractivity contribution in [2.24, 2.45) is 5.41 Å². The third kappa shape index (κ3) is 4.93. The van der Waals surface area contributed by atoms with Gasteiger partial charge < -0.3 is 15.2 Å². The highest BCUT2D eigenvalue weighted by atomic mass is 32.2. The first-order chi connectivity index (χ1) is 15.5. The van der Waals surface area contributed by atoms with Crippen molar-refractivity contribution in [2.45, 2.75) is 31.2 Å². The molecule has 0 saturated carbocycles. The molecule has 0 spiro atoms. The maximum absolute atomic E-state index is 13.1. The molecule has 1 aliphatic rings. The van der Waals surface area contributed by atoms with Crippen molar-refractivity contribution in [1.82, 2.24) is 0 Å². The fourth-order valence-corrected chi connectivity index (χ4v) is 5.13. The number of nitrogens with one attached hydrogen (secondary N) is 2. The lowest BCUT2D eigenvalue weighted by molar-refractivity contribution is 0.144. The molecule has 7 nitrogen and oxygen atoms in total. The van der Waals surface area contributed by atoms with Crippen molar-refractivity contribution in [2.75, 3.05) is 10.0 Å². The van der Waals surface area contributed by atoms with E-state index >= 15 is 0 Å². The average molecular weight is 471 g/mol. The van der Waals surface area contributed by atoms with E-state index in [1.54, 1.807) is 30.3 Å². The van der Waals surface area contributed by atoms with Crippen LogP contribution in [0.4, 0.5) is 20.6 Å². The molecule has 3 aromatic carbocycles. The largest absolute Gasteiger partial charge is 0.511 e. The summed E-state index contributed by atoms with van der Waals surface area (Å²) in [5.41, 5.74) is 3.00. The van der Waals surface area contributed by atoms with E-state index in [1.165, 1.54) is 12.1 Å². The molecule has 3 N–H and O–H groups in total. The van der Waals surface area contributed by atoms with Gasteiger partial charge in [-0.25, -0.2) is 17.6 Å². The van der Waals surface area contributed by atoms with Gasteiger partial charge >= 0.3 is 6.16 Å². The summed E-state index contributed by atoms with van der Waals surface area (Å²) in [5.74, 6) is -0.233. The lowest BCUT2D eigenvalue weighted by atomic mass is 9.73. The first kappa shape index (κ1) is 22.6.